The quantitative estimate of drug-likeness (QED) is 0.675. The van der Waals surface area contributed by atoms with Crippen LogP contribution in [0.5, 0.6) is 0 Å². The van der Waals surface area contributed by atoms with E-state index in [0.29, 0.717) is 20.9 Å². The monoisotopic (exact) mass is 338 g/mol. The lowest BCUT2D eigenvalue weighted by Gasteiger charge is -2.07. The average molecular weight is 339 g/mol. The molecule has 114 valence electrons. The Morgan fingerprint density at radius 1 is 1.45 bits per heavy atom. The minimum atomic E-state index is -1.13. The van der Waals surface area contributed by atoms with Gasteiger partial charge in [0.05, 0.1) is 6.04 Å². The lowest BCUT2D eigenvalue weighted by Crippen LogP contribution is -2.26. The molecule has 8 nitrogen and oxygen atoms in total. The van der Waals surface area contributed by atoms with E-state index in [2.05, 4.69) is 25.9 Å². The van der Waals surface area contributed by atoms with Crippen LogP contribution in [0.2, 0.25) is 5.02 Å². The number of nitrogens with zero attached hydrogens (tertiary/aromatic N) is 4. The molecule has 1 atom stereocenters. The summed E-state index contributed by atoms with van der Waals surface area (Å²) in [5.41, 5.74) is 0.802. The van der Waals surface area contributed by atoms with Crippen molar-refractivity contribution in [3.63, 3.8) is 0 Å². The molecule has 0 aliphatic carbocycles. The number of fused-ring (bicyclic) bond motifs is 1. The first kappa shape index (κ1) is 14.5. The summed E-state index contributed by atoms with van der Waals surface area (Å²) in [4.78, 5) is 11.3. The zero-order valence-corrected chi connectivity index (χ0v) is 12.9. The number of hydrogen-bond acceptors (Lipinski definition) is 6. The highest BCUT2D eigenvalue weighted by molar-refractivity contribution is 7.20. The van der Waals surface area contributed by atoms with Crippen molar-refractivity contribution < 1.29 is 9.90 Å². The van der Waals surface area contributed by atoms with E-state index in [1.165, 1.54) is 15.9 Å². The summed E-state index contributed by atoms with van der Waals surface area (Å²) in [6.45, 7) is 1.67. The van der Waals surface area contributed by atoms with E-state index in [1.54, 1.807) is 19.1 Å². The number of carboxylic acid groups (broad SMARTS) is 1. The van der Waals surface area contributed by atoms with E-state index < -0.39 is 12.1 Å². The second kappa shape index (κ2) is 5.78. The zero-order chi connectivity index (χ0) is 15.7. The summed E-state index contributed by atoms with van der Waals surface area (Å²) in [5.74, 6) is 0.424. The Labute approximate surface area is 133 Å². The predicted octanol–water partition coefficient (Wildman–Crippen LogP) is 2.91. The summed E-state index contributed by atoms with van der Waals surface area (Å²) in [6, 6.07) is 6.73. The van der Waals surface area contributed by atoms with Gasteiger partial charge in [-0.05, 0) is 25.1 Å². The highest BCUT2D eigenvalue weighted by atomic mass is 35.5. The van der Waals surface area contributed by atoms with Crippen LogP contribution < -0.4 is 10.6 Å². The van der Waals surface area contributed by atoms with Crippen LogP contribution >= 0.6 is 22.9 Å². The van der Waals surface area contributed by atoms with Crippen LogP contribution in [-0.2, 0) is 0 Å². The maximum Gasteiger partial charge on any atom is 0.405 e. The molecule has 0 bridgehead atoms. The number of nitrogens with one attached hydrogen (secondary N) is 2. The van der Waals surface area contributed by atoms with E-state index in [9.17, 15) is 4.79 Å². The fourth-order valence-electron chi connectivity index (χ4n) is 1.89. The molecule has 2 aromatic heterocycles. The molecule has 3 rings (SSSR count). The number of anilines is 2. The molecule has 1 amide bonds. The molecule has 3 aromatic rings. The minimum absolute atomic E-state index is 0.424. The minimum Gasteiger partial charge on any atom is -0.465 e. The molecule has 0 saturated heterocycles. The van der Waals surface area contributed by atoms with Gasteiger partial charge in [-0.3, -0.25) is 0 Å². The highest BCUT2D eigenvalue weighted by Crippen LogP contribution is 2.25. The average Bonchev–Trinajstić information content (AvgIpc) is 2.97. The van der Waals surface area contributed by atoms with E-state index in [1.807, 2.05) is 12.1 Å². The van der Waals surface area contributed by atoms with Gasteiger partial charge in [-0.1, -0.05) is 29.0 Å². The van der Waals surface area contributed by atoms with Crippen molar-refractivity contribution in [1.82, 2.24) is 25.1 Å². The largest absolute Gasteiger partial charge is 0.465 e. The summed E-state index contributed by atoms with van der Waals surface area (Å²) in [5, 5.41) is 27.7. The van der Waals surface area contributed by atoms with Crippen LogP contribution in [0.25, 0.3) is 4.96 Å². The highest BCUT2D eigenvalue weighted by Gasteiger charge is 2.18. The van der Waals surface area contributed by atoms with E-state index in [4.69, 9.17) is 16.7 Å². The molecule has 1 unspecified atom stereocenters. The summed E-state index contributed by atoms with van der Waals surface area (Å²) in [7, 11) is 0. The maximum atomic E-state index is 10.7. The van der Waals surface area contributed by atoms with Gasteiger partial charge in [0.1, 0.15) is 0 Å². The van der Waals surface area contributed by atoms with Crippen LogP contribution in [0.1, 0.15) is 18.8 Å². The molecule has 22 heavy (non-hydrogen) atoms. The maximum absolute atomic E-state index is 10.7. The standard InChI is InChI=1S/C12H11ClN6O2S/c1-6(14-12(20)21)9-16-17-11-19(9)18-10(22-11)15-8-4-2-3-7(13)5-8/h2-6,14H,1H3,(H,15,18)(H,20,21). The number of rotatable bonds is 4. The Hall–Kier alpha value is -2.39. The summed E-state index contributed by atoms with van der Waals surface area (Å²) < 4.78 is 1.51. The van der Waals surface area contributed by atoms with Gasteiger partial charge in [0.15, 0.2) is 5.82 Å². The lowest BCUT2D eigenvalue weighted by molar-refractivity contribution is 0.190. The molecule has 0 spiro atoms. The smallest absolute Gasteiger partial charge is 0.405 e. The topological polar surface area (TPSA) is 104 Å². The Kier molecular flexibility index (Phi) is 3.82. The number of carbonyl (C=O) groups is 1. The van der Waals surface area contributed by atoms with Gasteiger partial charge >= 0.3 is 6.09 Å². The molecule has 3 N–H and O–H groups in total. The number of benzene rings is 1. The second-order valence-electron chi connectivity index (χ2n) is 4.47. The normalized spacial score (nSPS) is 12.3. The molecule has 2 heterocycles. The number of aromatic nitrogens is 4. The predicted molar refractivity (Wildman–Crippen MR) is 83.0 cm³/mol. The van der Waals surface area contributed by atoms with Crippen molar-refractivity contribution in [3.05, 3.63) is 35.1 Å². The van der Waals surface area contributed by atoms with Crippen LogP contribution in [0.4, 0.5) is 15.6 Å². The van der Waals surface area contributed by atoms with Gasteiger partial charge < -0.3 is 15.7 Å². The Morgan fingerprint density at radius 2 is 2.27 bits per heavy atom. The number of halogens is 1. The third kappa shape index (κ3) is 2.95. The molecule has 0 aliphatic rings. The van der Waals surface area contributed by atoms with Gasteiger partial charge in [-0.2, -0.15) is 4.52 Å². The van der Waals surface area contributed by atoms with Crippen LogP contribution in [0, 0.1) is 0 Å². The van der Waals surface area contributed by atoms with E-state index in [0.717, 1.165) is 5.69 Å². The van der Waals surface area contributed by atoms with Crippen molar-refractivity contribution >= 4 is 44.8 Å². The molecule has 0 aliphatic heterocycles. The fourth-order valence-corrected chi connectivity index (χ4v) is 2.85. The zero-order valence-electron chi connectivity index (χ0n) is 11.3. The first-order chi connectivity index (χ1) is 10.5. The van der Waals surface area contributed by atoms with Crippen LogP contribution in [0.15, 0.2) is 24.3 Å². The van der Waals surface area contributed by atoms with Crippen LogP contribution in [-0.4, -0.2) is 31.0 Å². The van der Waals surface area contributed by atoms with E-state index >= 15 is 0 Å². The molecular weight excluding hydrogens is 328 g/mol. The fraction of sp³-hybridized carbons (Fsp3) is 0.167. The van der Waals surface area contributed by atoms with E-state index in [-0.39, 0.29) is 0 Å². The third-order valence-corrected chi connectivity index (χ3v) is 3.87. The van der Waals surface area contributed by atoms with Gasteiger partial charge in [0.2, 0.25) is 10.1 Å². The number of hydrogen-bond donors (Lipinski definition) is 3. The molecular formula is C12H11ClN6O2S. The third-order valence-electron chi connectivity index (χ3n) is 2.82. The molecule has 0 saturated carbocycles. The van der Waals surface area contributed by atoms with Crippen molar-refractivity contribution in [3.8, 4) is 0 Å². The van der Waals surface area contributed by atoms with Gasteiger partial charge in [0, 0.05) is 10.7 Å². The Balaban J connectivity index is 1.87. The SMILES string of the molecule is CC(NC(=O)O)c1nnc2sc(Nc3cccc(Cl)c3)nn12. The summed E-state index contributed by atoms with van der Waals surface area (Å²) in [6.07, 6.45) is -1.13. The first-order valence-electron chi connectivity index (χ1n) is 6.27. The lowest BCUT2D eigenvalue weighted by atomic mass is 10.3. The Bertz CT molecular complexity index is 832. The van der Waals surface area contributed by atoms with Gasteiger partial charge in [0.25, 0.3) is 0 Å². The Morgan fingerprint density at radius 3 is 3.00 bits per heavy atom. The second-order valence-corrected chi connectivity index (χ2v) is 5.86. The molecule has 0 radical (unpaired) electrons. The van der Waals surface area contributed by atoms with Crippen LogP contribution in [0.3, 0.4) is 0 Å². The van der Waals surface area contributed by atoms with Crippen molar-refractivity contribution in [2.75, 3.05) is 5.32 Å². The van der Waals surface area contributed by atoms with Crippen molar-refractivity contribution in [2.24, 2.45) is 0 Å². The molecule has 1 aromatic carbocycles. The van der Waals surface area contributed by atoms with Crippen molar-refractivity contribution in [1.29, 1.82) is 0 Å². The van der Waals surface area contributed by atoms with Crippen molar-refractivity contribution in [2.45, 2.75) is 13.0 Å². The number of amides is 1. The summed E-state index contributed by atoms with van der Waals surface area (Å²) >= 11 is 7.24. The van der Waals surface area contributed by atoms with Gasteiger partial charge in [-0.15, -0.1) is 15.3 Å². The molecule has 10 heteroatoms. The van der Waals surface area contributed by atoms with Gasteiger partial charge in [-0.25, -0.2) is 4.79 Å². The first-order valence-corrected chi connectivity index (χ1v) is 7.46. The molecule has 0 fully saturated rings.